The molecule has 1 aliphatic carbocycles. The summed E-state index contributed by atoms with van der Waals surface area (Å²) in [5, 5.41) is 0. The Labute approximate surface area is 84.1 Å². The first-order valence-electron chi connectivity index (χ1n) is 5.97. The molecule has 0 amide bonds. The van der Waals surface area contributed by atoms with E-state index in [1.54, 1.807) is 0 Å². The lowest BCUT2D eigenvalue weighted by molar-refractivity contribution is 0.302. The molecule has 1 aliphatic rings. The summed E-state index contributed by atoms with van der Waals surface area (Å²) in [5.41, 5.74) is 0.681. The van der Waals surface area contributed by atoms with E-state index >= 15 is 0 Å². The highest BCUT2D eigenvalue weighted by atomic mass is 14.5. The van der Waals surface area contributed by atoms with Crippen LogP contribution in [0.1, 0.15) is 60.3 Å². The minimum Gasteiger partial charge on any atom is -0.0654 e. The molecule has 0 aromatic carbocycles. The summed E-state index contributed by atoms with van der Waals surface area (Å²) in [6, 6.07) is 0. The minimum atomic E-state index is 0.681. The summed E-state index contributed by atoms with van der Waals surface area (Å²) >= 11 is 0. The smallest absolute Gasteiger partial charge is 0.0323 e. The Balaban J connectivity index is 2.31. The predicted octanol–water partition coefficient (Wildman–Crippen LogP) is 4.49. The second-order valence-electron chi connectivity index (χ2n) is 5.92. The molecule has 0 saturated heterocycles. The van der Waals surface area contributed by atoms with E-state index in [-0.39, 0.29) is 0 Å². The van der Waals surface area contributed by atoms with Gasteiger partial charge in [-0.25, -0.2) is 0 Å². The lowest BCUT2D eigenvalue weighted by Crippen LogP contribution is -2.10. The second kappa shape index (κ2) is 4.02. The summed E-state index contributed by atoms with van der Waals surface area (Å²) in [6.07, 6.45) is 5.75. The van der Waals surface area contributed by atoms with Crippen molar-refractivity contribution in [1.82, 2.24) is 0 Å². The largest absolute Gasteiger partial charge is 0.0654 e. The molecule has 13 heavy (non-hydrogen) atoms. The maximum Gasteiger partial charge on any atom is -0.0323 e. The highest BCUT2D eigenvalue weighted by molar-refractivity contribution is 4.96. The fourth-order valence-corrected chi connectivity index (χ4v) is 2.44. The van der Waals surface area contributed by atoms with Gasteiger partial charge in [-0.1, -0.05) is 47.5 Å². The van der Waals surface area contributed by atoms with Crippen LogP contribution < -0.4 is 0 Å². The number of hydrogen-bond donors (Lipinski definition) is 0. The lowest BCUT2D eigenvalue weighted by atomic mass is 9.85. The molecule has 0 aliphatic heterocycles. The SMILES string of the molecule is CCCC(CC1CC1(C)C)C(C)C. The molecule has 0 N–H and O–H groups in total. The molecule has 0 aromatic heterocycles. The first-order valence-corrected chi connectivity index (χ1v) is 5.97. The van der Waals surface area contributed by atoms with E-state index in [4.69, 9.17) is 0 Å². The van der Waals surface area contributed by atoms with E-state index in [0.29, 0.717) is 5.41 Å². The average molecular weight is 182 g/mol. The number of hydrogen-bond acceptors (Lipinski definition) is 0. The van der Waals surface area contributed by atoms with Crippen LogP contribution in [-0.2, 0) is 0 Å². The molecule has 0 spiro atoms. The third-order valence-electron chi connectivity index (χ3n) is 3.91. The van der Waals surface area contributed by atoms with Crippen molar-refractivity contribution in [1.29, 1.82) is 0 Å². The van der Waals surface area contributed by atoms with Crippen molar-refractivity contribution in [3.8, 4) is 0 Å². The van der Waals surface area contributed by atoms with E-state index in [9.17, 15) is 0 Å². The van der Waals surface area contributed by atoms with Crippen LogP contribution in [0.15, 0.2) is 0 Å². The Morgan fingerprint density at radius 1 is 1.31 bits per heavy atom. The highest BCUT2D eigenvalue weighted by Crippen LogP contribution is 2.55. The van der Waals surface area contributed by atoms with Crippen molar-refractivity contribution in [3.63, 3.8) is 0 Å². The Morgan fingerprint density at radius 2 is 1.85 bits per heavy atom. The summed E-state index contributed by atoms with van der Waals surface area (Å²) in [7, 11) is 0. The molecule has 1 fully saturated rings. The van der Waals surface area contributed by atoms with E-state index in [2.05, 4.69) is 34.6 Å². The van der Waals surface area contributed by atoms with Crippen LogP contribution in [0.3, 0.4) is 0 Å². The van der Waals surface area contributed by atoms with Crippen LogP contribution in [0.25, 0.3) is 0 Å². The fraction of sp³-hybridized carbons (Fsp3) is 1.00. The van der Waals surface area contributed by atoms with Gasteiger partial charge in [-0.2, -0.15) is 0 Å². The summed E-state index contributed by atoms with van der Waals surface area (Å²) in [4.78, 5) is 0. The quantitative estimate of drug-likeness (QED) is 0.587. The van der Waals surface area contributed by atoms with Gasteiger partial charge in [0.1, 0.15) is 0 Å². The molecule has 0 heterocycles. The zero-order valence-corrected chi connectivity index (χ0v) is 10.1. The molecule has 0 nitrogen and oxygen atoms in total. The molecule has 0 bridgehead atoms. The van der Waals surface area contributed by atoms with Crippen molar-refractivity contribution in [3.05, 3.63) is 0 Å². The molecule has 78 valence electrons. The average Bonchev–Trinajstić information content (AvgIpc) is 2.58. The number of rotatable bonds is 5. The zero-order valence-electron chi connectivity index (χ0n) is 10.1. The monoisotopic (exact) mass is 182 g/mol. The molecule has 1 rings (SSSR count). The Bertz CT molecular complexity index is 155. The third kappa shape index (κ3) is 3.00. The Hall–Kier alpha value is 0. The molecule has 0 heteroatoms. The molecular formula is C13H26. The maximum absolute atomic E-state index is 2.42. The Kier molecular flexibility index (Phi) is 3.43. The van der Waals surface area contributed by atoms with Crippen LogP contribution in [0.2, 0.25) is 0 Å². The summed E-state index contributed by atoms with van der Waals surface area (Å²) in [5.74, 6) is 2.90. The standard InChI is InChI=1S/C13H26/c1-6-7-11(10(2)3)8-12-9-13(12,4)5/h10-12H,6-9H2,1-5H3. The van der Waals surface area contributed by atoms with Gasteiger partial charge in [0.2, 0.25) is 0 Å². The summed E-state index contributed by atoms with van der Waals surface area (Å²) in [6.45, 7) is 11.9. The molecule has 2 unspecified atom stereocenters. The molecular weight excluding hydrogens is 156 g/mol. The van der Waals surface area contributed by atoms with Crippen LogP contribution in [0.5, 0.6) is 0 Å². The zero-order chi connectivity index (χ0) is 10.1. The minimum absolute atomic E-state index is 0.681. The summed E-state index contributed by atoms with van der Waals surface area (Å²) < 4.78 is 0. The second-order valence-corrected chi connectivity index (χ2v) is 5.92. The fourth-order valence-electron chi connectivity index (χ4n) is 2.44. The third-order valence-corrected chi connectivity index (χ3v) is 3.91. The Morgan fingerprint density at radius 3 is 2.15 bits per heavy atom. The van der Waals surface area contributed by atoms with E-state index in [0.717, 1.165) is 17.8 Å². The molecule has 0 aromatic rings. The van der Waals surface area contributed by atoms with Crippen molar-refractivity contribution < 1.29 is 0 Å². The van der Waals surface area contributed by atoms with Crippen molar-refractivity contribution in [2.75, 3.05) is 0 Å². The normalized spacial score (nSPS) is 27.7. The van der Waals surface area contributed by atoms with Gasteiger partial charge in [0, 0.05) is 0 Å². The first kappa shape index (κ1) is 11.1. The van der Waals surface area contributed by atoms with Crippen LogP contribution >= 0.6 is 0 Å². The van der Waals surface area contributed by atoms with E-state index in [1.807, 2.05) is 0 Å². The van der Waals surface area contributed by atoms with Crippen LogP contribution in [0, 0.1) is 23.2 Å². The van der Waals surface area contributed by atoms with Gasteiger partial charge >= 0.3 is 0 Å². The molecule has 2 atom stereocenters. The lowest BCUT2D eigenvalue weighted by Gasteiger charge is -2.20. The van der Waals surface area contributed by atoms with Gasteiger partial charge in [-0.05, 0) is 36.0 Å². The maximum atomic E-state index is 2.42. The van der Waals surface area contributed by atoms with Crippen molar-refractivity contribution in [2.24, 2.45) is 23.2 Å². The van der Waals surface area contributed by atoms with Crippen molar-refractivity contribution >= 4 is 0 Å². The van der Waals surface area contributed by atoms with Gasteiger partial charge in [-0.3, -0.25) is 0 Å². The van der Waals surface area contributed by atoms with Crippen LogP contribution in [0.4, 0.5) is 0 Å². The first-order chi connectivity index (χ1) is 5.97. The topological polar surface area (TPSA) is 0 Å². The predicted molar refractivity (Wildman–Crippen MR) is 59.7 cm³/mol. The van der Waals surface area contributed by atoms with Gasteiger partial charge in [0.25, 0.3) is 0 Å². The van der Waals surface area contributed by atoms with E-state index in [1.165, 1.54) is 25.7 Å². The van der Waals surface area contributed by atoms with Gasteiger partial charge < -0.3 is 0 Å². The van der Waals surface area contributed by atoms with Crippen LogP contribution in [-0.4, -0.2) is 0 Å². The molecule has 0 radical (unpaired) electrons. The highest BCUT2D eigenvalue weighted by Gasteiger charge is 2.46. The van der Waals surface area contributed by atoms with Gasteiger partial charge in [-0.15, -0.1) is 0 Å². The van der Waals surface area contributed by atoms with Crippen molar-refractivity contribution in [2.45, 2.75) is 60.3 Å². The molecule has 1 saturated carbocycles. The van der Waals surface area contributed by atoms with Gasteiger partial charge in [0.15, 0.2) is 0 Å². The van der Waals surface area contributed by atoms with E-state index < -0.39 is 0 Å². The van der Waals surface area contributed by atoms with Gasteiger partial charge in [0.05, 0.1) is 0 Å².